The third-order valence-electron chi connectivity index (χ3n) is 2.28. The maximum Gasteiger partial charge on any atom is 0.191 e. The van der Waals surface area contributed by atoms with E-state index in [0.29, 0.717) is 5.69 Å². The molecule has 0 bridgehead atoms. The van der Waals surface area contributed by atoms with E-state index in [1.165, 1.54) is 6.07 Å². The molecule has 1 aromatic carbocycles. The van der Waals surface area contributed by atoms with Gasteiger partial charge in [0.05, 0.1) is 23.7 Å². The van der Waals surface area contributed by atoms with E-state index in [1.807, 2.05) is 0 Å². The van der Waals surface area contributed by atoms with Gasteiger partial charge in [-0.15, -0.1) is 0 Å². The molecule has 0 unspecified atom stereocenters. The third-order valence-corrected chi connectivity index (χ3v) is 2.47. The van der Waals surface area contributed by atoms with Crippen LogP contribution >= 0.6 is 12.2 Å². The molecule has 20 heavy (non-hydrogen) atoms. The largest absolute Gasteiger partial charge is 0.330 e. The first kappa shape index (κ1) is 14.0. The van der Waals surface area contributed by atoms with Gasteiger partial charge in [-0.1, -0.05) is 6.07 Å². The van der Waals surface area contributed by atoms with Crippen molar-refractivity contribution >= 4 is 29.2 Å². The summed E-state index contributed by atoms with van der Waals surface area (Å²) in [5.41, 5.74) is 2.91. The molecular weight excluding hydrogens is 282 g/mol. The highest BCUT2D eigenvalue weighted by Crippen LogP contribution is 2.09. The molecule has 2 N–H and O–H groups in total. The van der Waals surface area contributed by atoms with Crippen LogP contribution in [0.15, 0.2) is 47.8 Å². The topological polar surface area (TPSA) is 49.3 Å². The number of rotatable bonds is 3. The Hall–Kier alpha value is -2.41. The molecule has 0 saturated heterocycles. The van der Waals surface area contributed by atoms with Crippen molar-refractivity contribution in [2.24, 2.45) is 5.10 Å². The van der Waals surface area contributed by atoms with Crippen molar-refractivity contribution in [2.45, 2.75) is 0 Å². The smallest absolute Gasteiger partial charge is 0.191 e. The SMILES string of the molecule is Fc1cccc(F)c1C=NNC(=S)Nc1cccnc1. The second-order valence-corrected chi connectivity index (χ2v) is 4.11. The first-order valence-electron chi connectivity index (χ1n) is 5.61. The maximum atomic E-state index is 13.3. The van der Waals surface area contributed by atoms with Gasteiger partial charge in [-0.25, -0.2) is 8.78 Å². The van der Waals surface area contributed by atoms with E-state index in [-0.39, 0.29) is 10.7 Å². The Morgan fingerprint density at radius 2 is 1.95 bits per heavy atom. The summed E-state index contributed by atoms with van der Waals surface area (Å²) in [7, 11) is 0. The molecule has 0 radical (unpaired) electrons. The van der Waals surface area contributed by atoms with Crippen molar-refractivity contribution in [2.75, 3.05) is 5.32 Å². The summed E-state index contributed by atoms with van der Waals surface area (Å²) in [5.74, 6) is -1.39. The van der Waals surface area contributed by atoms with Gasteiger partial charge in [-0.3, -0.25) is 10.4 Å². The Balaban J connectivity index is 1.95. The van der Waals surface area contributed by atoms with Crippen molar-refractivity contribution in [1.82, 2.24) is 10.4 Å². The van der Waals surface area contributed by atoms with Gasteiger partial charge >= 0.3 is 0 Å². The van der Waals surface area contributed by atoms with E-state index in [2.05, 4.69) is 20.8 Å². The predicted molar refractivity (Wildman–Crippen MR) is 77.5 cm³/mol. The van der Waals surface area contributed by atoms with Crippen LogP contribution in [-0.4, -0.2) is 16.3 Å². The first-order chi connectivity index (χ1) is 9.66. The van der Waals surface area contributed by atoms with Crippen LogP contribution in [0.25, 0.3) is 0 Å². The van der Waals surface area contributed by atoms with Crippen LogP contribution < -0.4 is 10.7 Å². The van der Waals surface area contributed by atoms with E-state index >= 15 is 0 Å². The van der Waals surface area contributed by atoms with Gasteiger partial charge in [-0.05, 0) is 36.5 Å². The highest BCUT2D eigenvalue weighted by Gasteiger charge is 2.05. The standard InChI is InChI=1S/C13H10F2N4S/c14-11-4-1-5-12(15)10(11)8-17-19-13(20)18-9-3-2-6-16-7-9/h1-8H,(H2,18,19,20). The number of hydrazone groups is 1. The molecule has 0 amide bonds. The van der Waals surface area contributed by atoms with Gasteiger partial charge < -0.3 is 5.32 Å². The minimum absolute atomic E-state index is 0.186. The lowest BCUT2D eigenvalue weighted by Gasteiger charge is -2.05. The van der Waals surface area contributed by atoms with E-state index in [4.69, 9.17) is 12.2 Å². The van der Waals surface area contributed by atoms with Gasteiger partial charge in [0.1, 0.15) is 11.6 Å². The van der Waals surface area contributed by atoms with E-state index in [1.54, 1.807) is 24.5 Å². The molecule has 0 atom stereocenters. The van der Waals surface area contributed by atoms with Crippen LogP contribution in [-0.2, 0) is 0 Å². The summed E-state index contributed by atoms with van der Waals surface area (Å²) in [5, 5.41) is 6.68. The third kappa shape index (κ3) is 3.79. The number of anilines is 1. The Kier molecular flexibility index (Phi) is 4.67. The number of hydrogen-bond donors (Lipinski definition) is 2. The number of pyridine rings is 1. The zero-order chi connectivity index (χ0) is 14.4. The van der Waals surface area contributed by atoms with E-state index < -0.39 is 11.6 Å². The molecule has 4 nitrogen and oxygen atoms in total. The van der Waals surface area contributed by atoms with E-state index in [0.717, 1.165) is 18.3 Å². The lowest BCUT2D eigenvalue weighted by atomic mass is 10.2. The lowest BCUT2D eigenvalue weighted by molar-refractivity contribution is 0.580. The second kappa shape index (κ2) is 6.67. The van der Waals surface area contributed by atoms with Gasteiger partial charge in [0.2, 0.25) is 0 Å². The zero-order valence-corrected chi connectivity index (χ0v) is 11.0. The molecule has 2 rings (SSSR count). The van der Waals surface area contributed by atoms with Crippen molar-refractivity contribution in [1.29, 1.82) is 0 Å². The van der Waals surface area contributed by atoms with Crippen molar-refractivity contribution in [3.05, 3.63) is 59.9 Å². The maximum absolute atomic E-state index is 13.3. The average Bonchev–Trinajstić information content (AvgIpc) is 2.43. The summed E-state index contributed by atoms with van der Waals surface area (Å²) >= 11 is 4.97. The highest BCUT2D eigenvalue weighted by molar-refractivity contribution is 7.80. The van der Waals surface area contributed by atoms with Gasteiger partial charge in [0, 0.05) is 6.20 Å². The molecular formula is C13H10F2N4S. The van der Waals surface area contributed by atoms with Gasteiger partial charge in [-0.2, -0.15) is 5.10 Å². The second-order valence-electron chi connectivity index (χ2n) is 3.70. The number of nitrogens with one attached hydrogen (secondary N) is 2. The Bertz CT molecular complexity index is 611. The summed E-state index contributed by atoms with van der Waals surface area (Å²) in [6, 6.07) is 7.08. The molecule has 0 saturated carbocycles. The lowest BCUT2D eigenvalue weighted by Crippen LogP contribution is -2.24. The van der Waals surface area contributed by atoms with Crippen molar-refractivity contribution in [3.8, 4) is 0 Å². The molecule has 1 aromatic heterocycles. The van der Waals surface area contributed by atoms with Crippen LogP contribution in [0, 0.1) is 11.6 Å². The molecule has 1 heterocycles. The van der Waals surface area contributed by atoms with Crippen molar-refractivity contribution in [3.63, 3.8) is 0 Å². The minimum atomic E-state index is -0.693. The Morgan fingerprint density at radius 1 is 1.20 bits per heavy atom. The number of thiocarbonyl (C=S) groups is 1. The summed E-state index contributed by atoms with van der Waals surface area (Å²) in [4.78, 5) is 3.90. The van der Waals surface area contributed by atoms with Crippen LogP contribution in [0.3, 0.4) is 0 Å². The number of hydrogen-bond acceptors (Lipinski definition) is 3. The van der Waals surface area contributed by atoms with Crippen LogP contribution in [0.5, 0.6) is 0 Å². The zero-order valence-electron chi connectivity index (χ0n) is 10.2. The van der Waals surface area contributed by atoms with Crippen LogP contribution in [0.1, 0.15) is 5.56 Å². The van der Waals surface area contributed by atoms with Crippen LogP contribution in [0.4, 0.5) is 14.5 Å². The number of aromatic nitrogens is 1. The number of halogens is 2. The monoisotopic (exact) mass is 292 g/mol. The number of benzene rings is 1. The molecule has 0 aliphatic heterocycles. The Morgan fingerprint density at radius 3 is 2.60 bits per heavy atom. The van der Waals surface area contributed by atoms with Gasteiger partial charge in [0.15, 0.2) is 5.11 Å². The molecule has 7 heteroatoms. The van der Waals surface area contributed by atoms with Crippen molar-refractivity contribution < 1.29 is 8.78 Å². The predicted octanol–water partition coefficient (Wildman–Crippen LogP) is 2.68. The molecule has 0 fully saturated rings. The molecule has 102 valence electrons. The summed E-state index contributed by atoms with van der Waals surface area (Å²) in [6.45, 7) is 0. The highest BCUT2D eigenvalue weighted by atomic mass is 32.1. The molecule has 0 aliphatic carbocycles. The molecule has 2 aromatic rings. The van der Waals surface area contributed by atoms with Crippen LogP contribution in [0.2, 0.25) is 0 Å². The summed E-state index contributed by atoms with van der Waals surface area (Å²) in [6.07, 6.45) is 4.23. The average molecular weight is 292 g/mol. The quantitative estimate of drug-likeness (QED) is 0.519. The molecule has 0 spiro atoms. The Labute approximate surface area is 119 Å². The fourth-order valence-electron chi connectivity index (χ4n) is 1.39. The molecule has 0 aliphatic rings. The summed E-state index contributed by atoms with van der Waals surface area (Å²) < 4.78 is 26.6. The fourth-order valence-corrected chi connectivity index (χ4v) is 1.56. The first-order valence-corrected chi connectivity index (χ1v) is 6.02. The normalized spacial score (nSPS) is 10.5. The van der Waals surface area contributed by atoms with Gasteiger partial charge in [0.25, 0.3) is 0 Å². The van der Waals surface area contributed by atoms with E-state index in [9.17, 15) is 8.78 Å². The fraction of sp³-hybridized carbons (Fsp3) is 0. The minimum Gasteiger partial charge on any atom is -0.330 e. The number of nitrogens with zero attached hydrogens (tertiary/aromatic N) is 2.